The molecule has 2 atom stereocenters. The second-order valence-electron chi connectivity index (χ2n) is 6.59. The number of non-ortho nitro benzene ring substituents is 1. The van der Waals surface area contributed by atoms with E-state index in [1.165, 1.54) is 7.11 Å². The third-order valence-electron chi connectivity index (χ3n) is 3.80. The molecule has 0 saturated heterocycles. The van der Waals surface area contributed by atoms with Crippen LogP contribution in [0.15, 0.2) is 18.2 Å². The fourth-order valence-corrected chi connectivity index (χ4v) is 3.20. The van der Waals surface area contributed by atoms with Crippen LogP contribution in [0.5, 0.6) is 0 Å². The summed E-state index contributed by atoms with van der Waals surface area (Å²) in [6.07, 6.45) is -0.151. The van der Waals surface area contributed by atoms with E-state index in [-0.39, 0.29) is 24.1 Å². The van der Waals surface area contributed by atoms with Gasteiger partial charge < -0.3 is 9.29 Å². The second kappa shape index (κ2) is 8.11. The zero-order valence-corrected chi connectivity index (χ0v) is 15.7. The highest BCUT2D eigenvalue weighted by Gasteiger charge is 2.43. The number of halogens is 1. The molecule has 1 aromatic carbocycles. The van der Waals surface area contributed by atoms with Gasteiger partial charge in [0, 0.05) is 29.1 Å². The largest absolute Gasteiger partial charge is 0.598 e. The predicted molar refractivity (Wildman–Crippen MR) is 92.7 cm³/mol. The van der Waals surface area contributed by atoms with Gasteiger partial charge in [0.2, 0.25) is 0 Å². The average molecular weight is 374 g/mol. The maximum absolute atomic E-state index is 14.5. The van der Waals surface area contributed by atoms with Gasteiger partial charge in [0.1, 0.15) is 16.1 Å². The normalized spacial score (nSPS) is 15.3. The number of carbonyl (C=O) groups is 1. The molecule has 0 aromatic heterocycles. The Hall–Kier alpha value is -1.71. The van der Waals surface area contributed by atoms with Gasteiger partial charge in [-0.05, 0) is 33.3 Å². The first kappa shape index (κ1) is 21.3. The number of rotatable bonds is 7. The second-order valence-corrected chi connectivity index (χ2v) is 8.56. The molecular formula is C16H23FN2O5S. The van der Waals surface area contributed by atoms with E-state index in [2.05, 4.69) is 9.46 Å². The van der Waals surface area contributed by atoms with Crippen LogP contribution >= 0.6 is 0 Å². The number of methoxy groups -OCH3 is 1. The van der Waals surface area contributed by atoms with E-state index >= 15 is 0 Å². The van der Waals surface area contributed by atoms with Crippen molar-refractivity contribution in [3.63, 3.8) is 0 Å². The van der Waals surface area contributed by atoms with E-state index in [1.54, 1.807) is 27.7 Å². The van der Waals surface area contributed by atoms with Crippen LogP contribution in [0, 0.1) is 15.9 Å². The number of benzene rings is 1. The zero-order valence-electron chi connectivity index (χ0n) is 14.9. The van der Waals surface area contributed by atoms with Crippen molar-refractivity contribution in [2.45, 2.75) is 50.8 Å². The summed E-state index contributed by atoms with van der Waals surface area (Å²) in [5, 5.41) is 11.1. The average Bonchev–Trinajstić information content (AvgIpc) is 2.53. The first-order valence-electron chi connectivity index (χ1n) is 7.67. The fraction of sp³-hybridized carbons (Fsp3) is 0.562. The van der Waals surface area contributed by atoms with Crippen LogP contribution in [0.3, 0.4) is 0 Å². The molecule has 0 saturated carbocycles. The summed E-state index contributed by atoms with van der Waals surface area (Å²) in [5.41, 5.74) is -1.81. The van der Waals surface area contributed by atoms with Gasteiger partial charge in [-0.25, -0.2) is 4.39 Å². The Morgan fingerprint density at radius 1 is 1.40 bits per heavy atom. The smallest absolute Gasteiger partial charge is 0.307 e. The number of nitrogens with zero attached hydrogens (tertiary/aromatic N) is 1. The molecule has 25 heavy (non-hydrogen) atoms. The number of nitro groups is 1. The SMILES string of the molecule is CC[C@@](CC(=O)OC)(N[S+]([O-])C(C)(C)C)c1cc([N+](=O)[O-])ccc1F. The summed E-state index contributed by atoms with van der Waals surface area (Å²) in [7, 11) is 1.19. The highest BCUT2D eigenvalue weighted by Crippen LogP contribution is 2.35. The molecule has 0 bridgehead atoms. The van der Waals surface area contributed by atoms with Gasteiger partial charge in [0.05, 0.1) is 18.5 Å². The van der Waals surface area contributed by atoms with Crippen molar-refractivity contribution < 1.29 is 23.4 Å². The molecular weight excluding hydrogens is 351 g/mol. The van der Waals surface area contributed by atoms with Crippen LogP contribution in [0.2, 0.25) is 0 Å². The van der Waals surface area contributed by atoms with Crippen molar-refractivity contribution in [2.75, 3.05) is 7.11 Å². The first-order chi connectivity index (χ1) is 11.5. The van der Waals surface area contributed by atoms with E-state index in [9.17, 15) is 23.9 Å². The molecule has 0 heterocycles. The monoisotopic (exact) mass is 374 g/mol. The Kier molecular flexibility index (Phi) is 6.92. The minimum atomic E-state index is -1.65. The lowest BCUT2D eigenvalue weighted by Crippen LogP contribution is -2.52. The quantitative estimate of drug-likeness (QED) is 0.340. The highest BCUT2D eigenvalue weighted by atomic mass is 32.2. The standard InChI is InChI=1S/C16H23FN2O5S/c1-6-16(10-14(20)24-5,18-25(23)15(2,3)4)12-9-11(19(21)22)7-8-13(12)17/h7-9,18H,6,10H2,1-5H3/t16-,25?/m0/s1. The minimum absolute atomic E-state index is 0.0906. The van der Waals surface area contributed by atoms with Crippen molar-refractivity contribution in [3.8, 4) is 0 Å². The summed E-state index contributed by atoms with van der Waals surface area (Å²) >= 11 is -1.65. The van der Waals surface area contributed by atoms with Crippen LogP contribution in [0.1, 0.15) is 46.1 Å². The number of hydrogen-bond donors (Lipinski definition) is 1. The van der Waals surface area contributed by atoms with E-state index < -0.39 is 38.4 Å². The molecule has 1 unspecified atom stereocenters. The molecule has 7 nitrogen and oxygen atoms in total. The van der Waals surface area contributed by atoms with E-state index in [4.69, 9.17) is 0 Å². The van der Waals surface area contributed by atoms with Crippen molar-refractivity contribution in [3.05, 3.63) is 39.7 Å². The molecule has 0 spiro atoms. The molecule has 0 aliphatic carbocycles. The number of carbonyl (C=O) groups excluding carboxylic acids is 1. The van der Waals surface area contributed by atoms with E-state index in [0.717, 1.165) is 18.2 Å². The van der Waals surface area contributed by atoms with Crippen molar-refractivity contribution in [1.82, 2.24) is 4.72 Å². The summed E-state index contributed by atoms with van der Waals surface area (Å²) in [5.74, 6) is -1.37. The summed E-state index contributed by atoms with van der Waals surface area (Å²) < 4.78 is 33.9. The molecule has 0 fully saturated rings. The van der Waals surface area contributed by atoms with Gasteiger partial charge in [-0.15, -0.1) is 4.72 Å². The molecule has 0 aliphatic rings. The summed E-state index contributed by atoms with van der Waals surface area (Å²) in [6.45, 7) is 6.84. The molecule has 1 aromatic rings. The molecule has 9 heteroatoms. The first-order valence-corrected chi connectivity index (χ1v) is 8.82. The lowest BCUT2D eigenvalue weighted by Gasteiger charge is -2.36. The van der Waals surface area contributed by atoms with Crippen LogP contribution in [-0.4, -0.2) is 27.3 Å². The van der Waals surface area contributed by atoms with Crippen molar-refractivity contribution in [1.29, 1.82) is 0 Å². The summed E-state index contributed by atoms with van der Waals surface area (Å²) in [4.78, 5) is 22.3. The Balaban J connectivity index is 3.51. The predicted octanol–water partition coefficient (Wildman–Crippen LogP) is 2.95. The molecule has 0 aliphatic heterocycles. The van der Waals surface area contributed by atoms with Crippen LogP contribution in [0.25, 0.3) is 0 Å². The number of esters is 1. The van der Waals surface area contributed by atoms with Crippen molar-refractivity contribution >= 4 is 23.0 Å². The van der Waals surface area contributed by atoms with Crippen LogP contribution < -0.4 is 4.72 Å². The zero-order chi connectivity index (χ0) is 19.4. The Morgan fingerprint density at radius 3 is 2.44 bits per heavy atom. The van der Waals surface area contributed by atoms with E-state index in [1.807, 2.05) is 0 Å². The summed E-state index contributed by atoms with van der Waals surface area (Å²) in [6, 6.07) is 3.07. The minimum Gasteiger partial charge on any atom is -0.598 e. The lowest BCUT2D eigenvalue weighted by atomic mass is 9.84. The molecule has 1 rings (SSSR count). The Labute approximate surface area is 149 Å². The number of hydrogen-bond acceptors (Lipinski definition) is 6. The fourth-order valence-electron chi connectivity index (χ4n) is 2.22. The highest BCUT2D eigenvalue weighted by molar-refractivity contribution is 7.90. The van der Waals surface area contributed by atoms with Gasteiger partial charge in [-0.1, -0.05) is 6.92 Å². The van der Waals surface area contributed by atoms with E-state index in [0.29, 0.717) is 0 Å². The molecule has 0 amide bonds. The maximum atomic E-state index is 14.5. The van der Waals surface area contributed by atoms with Crippen LogP contribution in [0.4, 0.5) is 10.1 Å². The Morgan fingerprint density at radius 2 is 2.00 bits per heavy atom. The number of nitrogens with one attached hydrogen (secondary N) is 1. The van der Waals surface area contributed by atoms with Gasteiger partial charge in [-0.2, -0.15) is 0 Å². The topological polar surface area (TPSA) is 105 Å². The lowest BCUT2D eigenvalue weighted by molar-refractivity contribution is -0.385. The molecule has 0 radical (unpaired) electrons. The molecule has 140 valence electrons. The Bertz CT molecular complexity index is 650. The van der Waals surface area contributed by atoms with Gasteiger partial charge in [0.25, 0.3) is 5.69 Å². The van der Waals surface area contributed by atoms with Gasteiger partial charge >= 0.3 is 5.97 Å². The number of nitro benzene ring substituents is 1. The number of ether oxygens (including phenoxy) is 1. The third kappa shape index (κ3) is 5.13. The molecule has 1 N–H and O–H groups in total. The van der Waals surface area contributed by atoms with Crippen LogP contribution in [-0.2, 0) is 26.4 Å². The van der Waals surface area contributed by atoms with Crippen molar-refractivity contribution in [2.24, 2.45) is 0 Å². The maximum Gasteiger partial charge on any atom is 0.307 e. The van der Waals surface area contributed by atoms with Gasteiger partial charge in [-0.3, -0.25) is 14.9 Å². The third-order valence-corrected chi connectivity index (χ3v) is 5.49. The van der Waals surface area contributed by atoms with Gasteiger partial charge in [0.15, 0.2) is 0 Å².